The number of aliphatic hydroxyl groups is 1. The zero-order valence-electron chi connectivity index (χ0n) is 10.1. The van der Waals surface area contributed by atoms with Crippen molar-refractivity contribution in [3.63, 3.8) is 0 Å². The van der Waals surface area contributed by atoms with Gasteiger partial charge in [0, 0.05) is 19.2 Å². The van der Waals surface area contributed by atoms with Gasteiger partial charge < -0.3 is 14.7 Å². The van der Waals surface area contributed by atoms with E-state index in [1.165, 1.54) is 18.2 Å². The van der Waals surface area contributed by atoms with Gasteiger partial charge in [-0.05, 0) is 30.5 Å². The van der Waals surface area contributed by atoms with Crippen molar-refractivity contribution in [2.24, 2.45) is 0 Å². The van der Waals surface area contributed by atoms with Gasteiger partial charge in [0.05, 0.1) is 6.61 Å². The van der Waals surface area contributed by atoms with Gasteiger partial charge in [-0.15, -0.1) is 0 Å². The predicted molar refractivity (Wildman–Crippen MR) is 63.6 cm³/mol. The second-order valence-corrected chi connectivity index (χ2v) is 4.33. The van der Waals surface area contributed by atoms with Crippen LogP contribution in [0.4, 0.5) is 4.39 Å². The van der Waals surface area contributed by atoms with E-state index in [4.69, 9.17) is 9.84 Å². The Bertz CT molecular complexity index is 430. The molecule has 1 heterocycles. The highest BCUT2D eigenvalue weighted by atomic mass is 19.1. The average molecular weight is 253 g/mol. The number of carbonyl (C=O) groups excluding carboxylic acids is 1. The van der Waals surface area contributed by atoms with Gasteiger partial charge in [0.15, 0.2) is 6.61 Å². The summed E-state index contributed by atoms with van der Waals surface area (Å²) in [7, 11) is 0. The van der Waals surface area contributed by atoms with Gasteiger partial charge in [0.1, 0.15) is 11.6 Å². The monoisotopic (exact) mass is 253 g/mol. The van der Waals surface area contributed by atoms with Crippen molar-refractivity contribution >= 4 is 5.91 Å². The number of rotatable bonds is 4. The highest BCUT2D eigenvalue weighted by molar-refractivity contribution is 5.78. The molecule has 2 rings (SSSR count). The minimum Gasteiger partial charge on any atom is -0.484 e. The summed E-state index contributed by atoms with van der Waals surface area (Å²) < 4.78 is 18.4. The highest BCUT2D eigenvalue weighted by Gasteiger charge is 2.18. The van der Waals surface area contributed by atoms with Crippen LogP contribution in [-0.2, 0) is 11.4 Å². The average Bonchev–Trinajstić information content (AvgIpc) is 2.89. The third-order valence-electron chi connectivity index (χ3n) is 2.93. The van der Waals surface area contributed by atoms with Crippen LogP contribution in [0.15, 0.2) is 18.2 Å². The molecule has 5 heteroatoms. The number of benzene rings is 1. The number of likely N-dealkylation sites (tertiary alicyclic amines) is 1. The van der Waals surface area contributed by atoms with Gasteiger partial charge in [-0.1, -0.05) is 0 Å². The summed E-state index contributed by atoms with van der Waals surface area (Å²) >= 11 is 0. The number of hydrogen-bond acceptors (Lipinski definition) is 3. The molecule has 0 saturated carbocycles. The second-order valence-electron chi connectivity index (χ2n) is 4.33. The molecule has 1 aliphatic heterocycles. The van der Waals surface area contributed by atoms with Crippen LogP contribution in [0.25, 0.3) is 0 Å². The first-order valence-electron chi connectivity index (χ1n) is 6.00. The van der Waals surface area contributed by atoms with Gasteiger partial charge in [-0.2, -0.15) is 0 Å². The minimum atomic E-state index is -0.481. The fourth-order valence-electron chi connectivity index (χ4n) is 2.00. The minimum absolute atomic E-state index is 0.0812. The Morgan fingerprint density at radius 1 is 1.33 bits per heavy atom. The summed E-state index contributed by atoms with van der Waals surface area (Å²) in [4.78, 5) is 13.5. The molecule has 1 amide bonds. The first-order chi connectivity index (χ1) is 8.69. The van der Waals surface area contributed by atoms with E-state index in [1.54, 1.807) is 4.90 Å². The Balaban J connectivity index is 1.92. The number of halogens is 1. The normalized spacial score (nSPS) is 14.9. The van der Waals surface area contributed by atoms with Crippen LogP contribution in [0.5, 0.6) is 5.75 Å². The molecule has 0 bridgehead atoms. The van der Waals surface area contributed by atoms with Crippen LogP contribution in [0, 0.1) is 5.82 Å². The number of ether oxygens (including phenoxy) is 1. The second kappa shape index (κ2) is 5.82. The quantitative estimate of drug-likeness (QED) is 0.880. The molecule has 4 nitrogen and oxygen atoms in total. The SMILES string of the molecule is O=C(COc1cc(F)cc(CO)c1)N1CCCC1. The molecule has 1 aromatic rings. The lowest BCUT2D eigenvalue weighted by atomic mass is 10.2. The van der Waals surface area contributed by atoms with Crippen molar-refractivity contribution in [1.29, 1.82) is 0 Å². The summed E-state index contributed by atoms with van der Waals surface area (Å²) in [5, 5.41) is 8.94. The molecule has 0 spiro atoms. The predicted octanol–water partition coefficient (Wildman–Crippen LogP) is 1.32. The number of carbonyl (C=O) groups is 1. The molecular formula is C13H16FNO3. The molecule has 1 N–H and O–H groups in total. The van der Waals surface area contributed by atoms with E-state index < -0.39 is 5.82 Å². The van der Waals surface area contributed by atoms with Crippen molar-refractivity contribution in [2.75, 3.05) is 19.7 Å². The highest BCUT2D eigenvalue weighted by Crippen LogP contribution is 2.17. The van der Waals surface area contributed by atoms with Crippen LogP contribution in [0.3, 0.4) is 0 Å². The fourth-order valence-corrected chi connectivity index (χ4v) is 2.00. The van der Waals surface area contributed by atoms with E-state index in [2.05, 4.69) is 0 Å². The molecule has 0 radical (unpaired) electrons. The van der Waals surface area contributed by atoms with Crippen LogP contribution in [-0.4, -0.2) is 35.6 Å². The van der Waals surface area contributed by atoms with E-state index >= 15 is 0 Å². The maximum atomic E-state index is 13.2. The summed E-state index contributed by atoms with van der Waals surface area (Å²) in [5.74, 6) is -0.293. The third-order valence-corrected chi connectivity index (χ3v) is 2.93. The molecule has 1 aliphatic rings. The molecule has 0 atom stereocenters. The van der Waals surface area contributed by atoms with Crippen LogP contribution in [0.1, 0.15) is 18.4 Å². The molecule has 1 fully saturated rings. The fraction of sp³-hybridized carbons (Fsp3) is 0.462. The van der Waals surface area contributed by atoms with Gasteiger partial charge in [0.25, 0.3) is 5.91 Å². The maximum absolute atomic E-state index is 13.2. The number of nitrogens with zero attached hydrogens (tertiary/aromatic N) is 1. The number of aliphatic hydroxyl groups excluding tert-OH is 1. The van der Waals surface area contributed by atoms with E-state index in [0.717, 1.165) is 25.9 Å². The van der Waals surface area contributed by atoms with E-state index in [-0.39, 0.29) is 24.9 Å². The first-order valence-corrected chi connectivity index (χ1v) is 6.00. The maximum Gasteiger partial charge on any atom is 0.260 e. The summed E-state index contributed by atoms with van der Waals surface area (Å²) in [6, 6.07) is 3.96. The van der Waals surface area contributed by atoms with E-state index in [1.807, 2.05) is 0 Å². The number of amides is 1. The Hall–Kier alpha value is -1.62. The topological polar surface area (TPSA) is 49.8 Å². The molecule has 98 valence electrons. The van der Waals surface area contributed by atoms with E-state index in [0.29, 0.717) is 5.56 Å². The van der Waals surface area contributed by atoms with Crippen molar-refractivity contribution in [3.05, 3.63) is 29.6 Å². The Morgan fingerprint density at radius 3 is 2.72 bits per heavy atom. The summed E-state index contributed by atoms with van der Waals surface area (Å²) in [6.45, 7) is 1.20. The van der Waals surface area contributed by atoms with Gasteiger partial charge >= 0.3 is 0 Å². The molecule has 0 aliphatic carbocycles. The van der Waals surface area contributed by atoms with Gasteiger partial charge in [0.2, 0.25) is 0 Å². The summed E-state index contributed by atoms with van der Waals surface area (Å²) in [6.07, 6.45) is 2.06. The Morgan fingerprint density at radius 2 is 2.06 bits per heavy atom. The van der Waals surface area contributed by atoms with Crippen LogP contribution >= 0.6 is 0 Å². The molecular weight excluding hydrogens is 237 g/mol. The lowest BCUT2D eigenvalue weighted by Gasteiger charge is -2.15. The Labute approximate surface area is 105 Å². The van der Waals surface area contributed by atoms with Crippen LogP contribution in [0.2, 0.25) is 0 Å². The van der Waals surface area contributed by atoms with Crippen molar-refractivity contribution in [3.8, 4) is 5.75 Å². The zero-order valence-corrected chi connectivity index (χ0v) is 10.1. The van der Waals surface area contributed by atoms with Gasteiger partial charge in [-0.25, -0.2) is 4.39 Å². The van der Waals surface area contributed by atoms with Crippen LogP contribution < -0.4 is 4.74 Å². The molecule has 0 unspecified atom stereocenters. The van der Waals surface area contributed by atoms with Crippen molar-refractivity contribution in [1.82, 2.24) is 4.90 Å². The van der Waals surface area contributed by atoms with E-state index in [9.17, 15) is 9.18 Å². The number of hydrogen-bond donors (Lipinski definition) is 1. The molecule has 1 saturated heterocycles. The molecule has 0 aromatic heterocycles. The summed E-state index contributed by atoms with van der Waals surface area (Å²) in [5.41, 5.74) is 0.429. The first kappa shape index (κ1) is 12.8. The smallest absolute Gasteiger partial charge is 0.260 e. The molecule has 18 heavy (non-hydrogen) atoms. The Kier molecular flexibility index (Phi) is 4.15. The lowest BCUT2D eigenvalue weighted by Crippen LogP contribution is -2.32. The molecule has 1 aromatic carbocycles. The van der Waals surface area contributed by atoms with Gasteiger partial charge in [-0.3, -0.25) is 4.79 Å². The largest absolute Gasteiger partial charge is 0.484 e. The standard InChI is InChI=1S/C13H16FNO3/c14-11-5-10(8-16)6-12(7-11)18-9-13(17)15-3-1-2-4-15/h5-7,16H,1-4,8-9H2. The van der Waals surface area contributed by atoms with Crippen molar-refractivity contribution in [2.45, 2.75) is 19.4 Å². The lowest BCUT2D eigenvalue weighted by molar-refractivity contribution is -0.132. The zero-order chi connectivity index (χ0) is 13.0. The van der Waals surface area contributed by atoms with Crippen molar-refractivity contribution < 1.29 is 19.0 Å². The third kappa shape index (κ3) is 3.20.